The molecule has 0 heterocycles. The van der Waals surface area contributed by atoms with Gasteiger partial charge in [0.1, 0.15) is 6.79 Å². The van der Waals surface area contributed by atoms with E-state index in [0.29, 0.717) is 0 Å². The van der Waals surface area contributed by atoms with E-state index in [4.69, 9.17) is 9.84 Å². The van der Waals surface area contributed by atoms with Crippen LogP contribution in [0.2, 0.25) is 0 Å². The maximum Gasteiger partial charge on any atom is 0.146 e. The predicted molar refractivity (Wildman–Crippen MR) is 34.0 cm³/mol. The molecule has 1 unspecified atom stereocenters. The normalized spacial score (nSPS) is 13.1. The lowest BCUT2D eigenvalue weighted by Crippen LogP contribution is -2.12. The van der Waals surface area contributed by atoms with E-state index in [9.17, 15) is 0 Å². The molecule has 0 aliphatic heterocycles. The molecule has 0 spiro atoms. The number of hydrogen-bond donors (Lipinski definition) is 1. The molecule has 1 atom stereocenters. The molecule has 0 radical (unpaired) electrons. The Hall–Kier alpha value is -0.380. The highest BCUT2D eigenvalue weighted by molar-refractivity contribution is 4.76. The van der Waals surface area contributed by atoms with Crippen LogP contribution in [0.1, 0.15) is 0 Å². The second-order valence-electron chi connectivity index (χ2n) is 1.58. The summed E-state index contributed by atoms with van der Waals surface area (Å²) in [7, 11) is 1.53. The quantitative estimate of drug-likeness (QED) is 0.329. The highest BCUT2D eigenvalue weighted by Crippen LogP contribution is 1.84. The number of rotatable bonds is 5. The number of aliphatic hydroxyl groups excluding tert-OH is 1. The SMILES string of the molecule is C=CC(O)COCOC. The molecule has 0 aromatic heterocycles. The largest absolute Gasteiger partial charge is 0.387 e. The number of methoxy groups -OCH3 is 1. The Labute approximate surface area is 54.9 Å². The standard InChI is InChI=1S/C6H12O3/c1-3-6(7)4-9-5-8-2/h3,6-7H,1,4-5H2,2H3. The summed E-state index contributed by atoms with van der Waals surface area (Å²) >= 11 is 0. The first-order valence-corrected chi connectivity index (χ1v) is 2.68. The van der Waals surface area contributed by atoms with Crippen molar-refractivity contribution in [1.82, 2.24) is 0 Å². The van der Waals surface area contributed by atoms with E-state index in [1.165, 1.54) is 13.2 Å². The summed E-state index contributed by atoms with van der Waals surface area (Å²) < 4.78 is 9.36. The van der Waals surface area contributed by atoms with Gasteiger partial charge in [-0.2, -0.15) is 0 Å². The van der Waals surface area contributed by atoms with Gasteiger partial charge >= 0.3 is 0 Å². The molecule has 0 aliphatic rings. The monoisotopic (exact) mass is 132 g/mol. The first-order chi connectivity index (χ1) is 4.31. The zero-order valence-electron chi connectivity index (χ0n) is 5.54. The Morgan fingerprint density at radius 3 is 2.89 bits per heavy atom. The molecule has 0 saturated heterocycles. The lowest BCUT2D eigenvalue weighted by molar-refractivity contribution is -0.0527. The molecule has 0 rings (SSSR count). The van der Waals surface area contributed by atoms with E-state index in [2.05, 4.69) is 11.3 Å². The summed E-state index contributed by atoms with van der Waals surface area (Å²) in [5.74, 6) is 0. The third-order valence-electron chi connectivity index (χ3n) is 0.762. The Morgan fingerprint density at radius 2 is 2.44 bits per heavy atom. The first-order valence-electron chi connectivity index (χ1n) is 2.68. The molecule has 1 N–H and O–H groups in total. The molecule has 3 heteroatoms. The van der Waals surface area contributed by atoms with E-state index in [-0.39, 0.29) is 13.4 Å². The fourth-order valence-corrected chi connectivity index (χ4v) is 0.320. The van der Waals surface area contributed by atoms with Gasteiger partial charge < -0.3 is 14.6 Å². The molecule has 0 aromatic carbocycles. The Bertz CT molecular complexity index is 72.7. The summed E-state index contributed by atoms with van der Waals surface area (Å²) in [6.45, 7) is 3.83. The van der Waals surface area contributed by atoms with Crippen LogP contribution in [-0.2, 0) is 9.47 Å². The molecule has 0 aliphatic carbocycles. The van der Waals surface area contributed by atoms with Crippen molar-refractivity contribution in [2.24, 2.45) is 0 Å². The van der Waals surface area contributed by atoms with E-state index >= 15 is 0 Å². The molecule has 0 amide bonds. The van der Waals surface area contributed by atoms with Crippen LogP contribution in [0.15, 0.2) is 12.7 Å². The van der Waals surface area contributed by atoms with E-state index in [0.717, 1.165) is 0 Å². The number of aliphatic hydroxyl groups is 1. The van der Waals surface area contributed by atoms with Gasteiger partial charge in [0, 0.05) is 7.11 Å². The molecule has 54 valence electrons. The van der Waals surface area contributed by atoms with E-state index < -0.39 is 6.10 Å². The third kappa shape index (κ3) is 5.49. The topological polar surface area (TPSA) is 38.7 Å². The minimum Gasteiger partial charge on any atom is -0.387 e. The highest BCUT2D eigenvalue weighted by atomic mass is 16.7. The van der Waals surface area contributed by atoms with Crippen molar-refractivity contribution < 1.29 is 14.6 Å². The van der Waals surface area contributed by atoms with Crippen LogP contribution in [0.3, 0.4) is 0 Å². The lowest BCUT2D eigenvalue weighted by atomic mass is 10.4. The van der Waals surface area contributed by atoms with Crippen molar-refractivity contribution in [3.8, 4) is 0 Å². The summed E-state index contributed by atoms with van der Waals surface area (Å²) in [6, 6.07) is 0. The minimum absolute atomic E-state index is 0.213. The zero-order valence-corrected chi connectivity index (χ0v) is 5.54. The van der Waals surface area contributed by atoms with Gasteiger partial charge in [-0.3, -0.25) is 0 Å². The fraction of sp³-hybridized carbons (Fsp3) is 0.667. The van der Waals surface area contributed by atoms with Crippen molar-refractivity contribution in [3.63, 3.8) is 0 Å². The number of ether oxygens (including phenoxy) is 2. The van der Waals surface area contributed by atoms with Crippen molar-refractivity contribution in [2.75, 3.05) is 20.5 Å². The molecular formula is C6H12O3. The molecule has 9 heavy (non-hydrogen) atoms. The summed E-state index contributed by atoms with van der Waals surface area (Å²) in [5.41, 5.74) is 0. The Morgan fingerprint density at radius 1 is 1.78 bits per heavy atom. The van der Waals surface area contributed by atoms with Crippen molar-refractivity contribution in [2.45, 2.75) is 6.10 Å². The van der Waals surface area contributed by atoms with Gasteiger partial charge in [-0.05, 0) is 0 Å². The molecular weight excluding hydrogens is 120 g/mol. The average molecular weight is 132 g/mol. The zero-order chi connectivity index (χ0) is 7.11. The van der Waals surface area contributed by atoms with Crippen LogP contribution >= 0.6 is 0 Å². The Kier molecular flexibility index (Phi) is 5.51. The van der Waals surface area contributed by atoms with E-state index in [1.807, 2.05) is 0 Å². The molecule has 3 nitrogen and oxygen atoms in total. The van der Waals surface area contributed by atoms with Gasteiger partial charge in [0.25, 0.3) is 0 Å². The molecule has 0 fully saturated rings. The maximum atomic E-state index is 8.79. The van der Waals surface area contributed by atoms with E-state index in [1.54, 1.807) is 0 Å². The van der Waals surface area contributed by atoms with Crippen molar-refractivity contribution in [3.05, 3.63) is 12.7 Å². The van der Waals surface area contributed by atoms with Crippen LogP contribution in [0.5, 0.6) is 0 Å². The van der Waals surface area contributed by atoms with Crippen LogP contribution in [0.25, 0.3) is 0 Å². The highest BCUT2D eigenvalue weighted by Gasteiger charge is 1.94. The summed E-state index contributed by atoms with van der Waals surface area (Å²) in [5, 5.41) is 8.79. The van der Waals surface area contributed by atoms with Crippen LogP contribution in [0.4, 0.5) is 0 Å². The molecule has 0 aromatic rings. The van der Waals surface area contributed by atoms with Crippen LogP contribution in [0, 0.1) is 0 Å². The second-order valence-corrected chi connectivity index (χ2v) is 1.58. The molecule has 0 saturated carbocycles. The van der Waals surface area contributed by atoms with Crippen LogP contribution < -0.4 is 0 Å². The Balaban J connectivity index is 2.96. The van der Waals surface area contributed by atoms with Crippen molar-refractivity contribution in [1.29, 1.82) is 0 Å². The molecule has 0 bridgehead atoms. The second kappa shape index (κ2) is 5.75. The third-order valence-corrected chi connectivity index (χ3v) is 0.762. The van der Waals surface area contributed by atoms with Gasteiger partial charge in [0.2, 0.25) is 0 Å². The summed E-state index contributed by atoms with van der Waals surface area (Å²) in [4.78, 5) is 0. The van der Waals surface area contributed by atoms with Crippen molar-refractivity contribution >= 4 is 0 Å². The lowest BCUT2D eigenvalue weighted by Gasteiger charge is -2.04. The first kappa shape index (κ1) is 8.62. The van der Waals surface area contributed by atoms with Gasteiger partial charge in [0.15, 0.2) is 0 Å². The maximum absolute atomic E-state index is 8.79. The fourth-order valence-electron chi connectivity index (χ4n) is 0.320. The van der Waals surface area contributed by atoms with Gasteiger partial charge in [0.05, 0.1) is 12.7 Å². The minimum atomic E-state index is -0.583. The average Bonchev–Trinajstić information content (AvgIpc) is 1.89. The number of hydrogen-bond acceptors (Lipinski definition) is 3. The van der Waals surface area contributed by atoms with Gasteiger partial charge in [-0.25, -0.2) is 0 Å². The summed E-state index contributed by atoms with van der Waals surface area (Å²) in [6.07, 6.45) is 0.829. The van der Waals surface area contributed by atoms with Gasteiger partial charge in [-0.1, -0.05) is 6.08 Å². The van der Waals surface area contributed by atoms with Crippen LogP contribution in [-0.4, -0.2) is 31.7 Å². The smallest absolute Gasteiger partial charge is 0.146 e. The van der Waals surface area contributed by atoms with Gasteiger partial charge in [-0.15, -0.1) is 6.58 Å². The predicted octanol–water partition coefficient (Wildman–Crippen LogP) is 0.154.